The molecule has 0 fully saturated rings. The van der Waals surface area contributed by atoms with Crippen LogP contribution in [0.25, 0.3) is 0 Å². The minimum absolute atomic E-state index is 0.783. The van der Waals surface area contributed by atoms with Gasteiger partial charge in [0.15, 0.2) is 0 Å². The van der Waals surface area contributed by atoms with E-state index in [1.54, 1.807) is 0 Å². The second kappa shape index (κ2) is 3.28. The summed E-state index contributed by atoms with van der Waals surface area (Å²) in [6.45, 7) is 0. The van der Waals surface area contributed by atoms with E-state index in [9.17, 15) is 26.3 Å². The third-order valence-corrected chi connectivity index (χ3v) is 2.04. The lowest BCUT2D eigenvalue weighted by Gasteiger charge is -2.36. The van der Waals surface area contributed by atoms with Crippen LogP contribution >= 0.6 is 0 Å². The van der Waals surface area contributed by atoms with E-state index in [2.05, 4.69) is 9.47 Å². The maximum Gasteiger partial charge on any atom is 0.491 e. The summed E-state index contributed by atoms with van der Waals surface area (Å²) in [7, 11) is 0. The third-order valence-electron chi connectivity index (χ3n) is 2.04. The Morgan fingerprint density at radius 3 is 2.18 bits per heavy atom. The van der Waals surface area contributed by atoms with Gasteiger partial charge in [-0.1, -0.05) is 12.1 Å². The second-order valence-corrected chi connectivity index (χ2v) is 3.25. The molecule has 1 atom stereocenters. The molecule has 1 aromatic carbocycles. The van der Waals surface area contributed by atoms with Gasteiger partial charge in [-0.05, 0) is 12.1 Å². The lowest BCUT2D eigenvalue weighted by atomic mass is 10.1. The van der Waals surface area contributed by atoms with Gasteiger partial charge in [0.25, 0.3) is 0 Å². The summed E-state index contributed by atoms with van der Waals surface area (Å²) < 4.78 is 83.1. The average molecular weight is 258 g/mol. The fraction of sp³-hybridized carbons (Fsp3) is 0.333. The zero-order valence-corrected chi connectivity index (χ0v) is 7.89. The molecule has 0 saturated carbocycles. The van der Waals surface area contributed by atoms with Gasteiger partial charge in [0.2, 0.25) is 0 Å². The molecule has 2 nitrogen and oxygen atoms in total. The number of halogens is 6. The highest BCUT2D eigenvalue weighted by molar-refractivity contribution is 5.37. The van der Waals surface area contributed by atoms with Crippen LogP contribution in [0.2, 0.25) is 0 Å². The monoisotopic (exact) mass is 258 g/mol. The van der Waals surface area contributed by atoms with Crippen molar-refractivity contribution in [3.63, 3.8) is 0 Å². The first-order chi connectivity index (χ1) is 7.66. The lowest BCUT2D eigenvalue weighted by Crippen LogP contribution is -2.54. The normalized spacial score (nSPS) is 27.2. The van der Waals surface area contributed by atoms with Crippen molar-refractivity contribution in [1.29, 1.82) is 0 Å². The van der Waals surface area contributed by atoms with Gasteiger partial charge in [0.05, 0.1) is 5.56 Å². The van der Waals surface area contributed by atoms with E-state index in [0.717, 1.165) is 24.3 Å². The minimum atomic E-state index is -5.73. The zero-order chi connectivity index (χ0) is 12.9. The molecule has 1 aliphatic heterocycles. The first-order valence-electron chi connectivity index (χ1n) is 4.28. The third kappa shape index (κ3) is 1.82. The van der Waals surface area contributed by atoms with Gasteiger partial charge in [-0.15, -0.1) is 0 Å². The largest absolute Gasteiger partial charge is 0.491 e. The number of benzene rings is 1. The van der Waals surface area contributed by atoms with Crippen LogP contribution in [0.1, 0.15) is 5.56 Å². The average Bonchev–Trinajstić information content (AvgIpc) is 2.14. The molecule has 17 heavy (non-hydrogen) atoms. The van der Waals surface area contributed by atoms with Gasteiger partial charge in [0.1, 0.15) is 5.75 Å². The van der Waals surface area contributed by atoms with Crippen LogP contribution in [0.4, 0.5) is 26.3 Å². The van der Waals surface area contributed by atoms with E-state index in [1.165, 1.54) is 0 Å². The van der Waals surface area contributed by atoms with Gasteiger partial charge < -0.3 is 4.74 Å². The first-order valence-corrected chi connectivity index (χ1v) is 4.28. The number of alkyl halides is 6. The standard InChI is InChI=1S/C9H4F6O2/c10-7(11)5-3-1-2-4-6(5)16-9(15,17-7)8(12,13)14/h1-4H. The van der Waals surface area contributed by atoms with Gasteiger partial charge in [-0.25, -0.2) is 4.74 Å². The topological polar surface area (TPSA) is 18.5 Å². The number of hydrogen-bond acceptors (Lipinski definition) is 2. The summed E-state index contributed by atoms with van der Waals surface area (Å²) in [6, 6.07) is -1.00. The highest BCUT2D eigenvalue weighted by Crippen LogP contribution is 2.50. The minimum Gasteiger partial charge on any atom is -0.428 e. The highest BCUT2D eigenvalue weighted by atomic mass is 19.4. The predicted octanol–water partition coefficient (Wildman–Crippen LogP) is 3.33. The molecule has 0 amide bonds. The molecule has 1 heterocycles. The van der Waals surface area contributed by atoms with E-state index >= 15 is 0 Å². The smallest absolute Gasteiger partial charge is 0.428 e. The van der Waals surface area contributed by atoms with E-state index in [1.807, 2.05) is 0 Å². The Bertz CT molecular complexity index is 443. The Labute approximate surface area is 90.7 Å². The quantitative estimate of drug-likeness (QED) is 0.664. The molecule has 1 unspecified atom stereocenters. The maximum absolute atomic E-state index is 13.2. The highest BCUT2D eigenvalue weighted by Gasteiger charge is 2.68. The summed E-state index contributed by atoms with van der Waals surface area (Å²) in [5, 5.41) is 0. The van der Waals surface area contributed by atoms with Crippen LogP contribution in [-0.4, -0.2) is 12.2 Å². The molecule has 0 radical (unpaired) electrons. The van der Waals surface area contributed by atoms with Crippen molar-refractivity contribution in [2.75, 3.05) is 0 Å². The van der Waals surface area contributed by atoms with Gasteiger partial charge in [-0.2, -0.15) is 26.3 Å². The molecule has 8 heteroatoms. The Hall–Kier alpha value is -1.44. The van der Waals surface area contributed by atoms with Crippen molar-refractivity contribution in [3.05, 3.63) is 29.8 Å². The van der Waals surface area contributed by atoms with E-state index in [0.29, 0.717) is 0 Å². The molecule has 0 spiro atoms. The molecule has 0 bridgehead atoms. The van der Waals surface area contributed by atoms with Crippen LogP contribution in [0, 0.1) is 0 Å². The van der Waals surface area contributed by atoms with Crippen molar-refractivity contribution >= 4 is 0 Å². The van der Waals surface area contributed by atoms with E-state index < -0.39 is 29.6 Å². The zero-order valence-electron chi connectivity index (χ0n) is 7.89. The fourth-order valence-corrected chi connectivity index (χ4v) is 1.29. The van der Waals surface area contributed by atoms with Crippen LogP contribution in [0.5, 0.6) is 5.75 Å². The van der Waals surface area contributed by atoms with Crippen molar-refractivity contribution in [3.8, 4) is 5.75 Å². The molecule has 0 aromatic heterocycles. The lowest BCUT2D eigenvalue weighted by molar-refractivity contribution is -0.486. The molecule has 2 rings (SSSR count). The summed E-state index contributed by atoms with van der Waals surface area (Å²) in [4.78, 5) is 0. The van der Waals surface area contributed by atoms with E-state index in [4.69, 9.17) is 0 Å². The number of ether oxygens (including phenoxy) is 2. The van der Waals surface area contributed by atoms with Crippen molar-refractivity contribution in [2.24, 2.45) is 0 Å². The van der Waals surface area contributed by atoms with Crippen LogP contribution in [0.3, 0.4) is 0 Å². The number of para-hydroxylation sites is 1. The van der Waals surface area contributed by atoms with Crippen LogP contribution in [-0.2, 0) is 10.8 Å². The molecule has 1 aromatic rings. The Morgan fingerprint density at radius 2 is 1.59 bits per heavy atom. The summed E-state index contributed by atoms with van der Waals surface area (Å²) in [6.07, 6.45) is -10.1. The molecule has 0 N–H and O–H groups in total. The van der Waals surface area contributed by atoms with Gasteiger partial charge >= 0.3 is 18.3 Å². The van der Waals surface area contributed by atoms with Crippen LogP contribution < -0.4 is 4.74 Å². The van der Waals surface area contributed by atoms with Crippen molar-refractivity contribution < 1.29 is 35.8 Å². The van der Waals surface area contributed by atoms with Gasteiger partial charge in [0, 0.05) is 0 Å². The molecular weight excluding hydrogens is 254 g/mol. The van der Waals surface area contributed by atoms with Crippen molar-refractivity contribution in [2.45, 2.75) is 18.3 Å². The first kappa shape index (κ1) is 12.0. The maximum atomic E-state index is 13.2. The van der Waals surface area contributed by atoms with Crippen LogP contribution in [0.15, 0.2) is 24.3 Å². The Morgan fingerprint density at radius 1 is 1.00 bits per heavy atom. The summed E-state index contributed by atoms with van der Waals surface area (Å²) in [5.41, 5.74) is -0.961. The number of rotatable bonds is 0. The summed E-state index contributed by atoms with van der Waals surface area (Å²) >= 11 is 0. The fourth-order valence-electron chi connectivity index (χ4n) is 1.29. The predicted molar refractivity (Wildman–Crippen MR) is 41.9 cm³/mol. The SMILES string of the molecule is FC1(F)OC(F)(C(F)(F)F)Oc2ccccc21. The summed E-state index contributed by atoms with van der Waals surface area (Å²) in [5.74, 6) is -0.913. The van der Waals surface area contributed by atoms with E-state index in [-0.39, 0.29) is 0 Å². The molecule has 0 saturated heterocycles. The van der Waals surface area contributed by atoms with Gasteiger partial charge in [-0.3, -0.25) is 0 Å². The Balaban J connectivity index is 2.51. The number of hydrogen-bond donors (Lipinski definition) is 0. The molecule has 1 aliphatic rings. The second-order valence-electron chi connectivity index (χ2n) is 3.25. The molecular formula is C9H4F6O2. The molecule has 0 aliphatic carbocycles. The molecule has 94 valence electrons. The number of fused-ring (bicyclic) bond motifs is 1. The Kier molecular flexibility index (Phi) is 2.32. The van der Waals surface area contributed by atoms with Crippen molar-refractivity contribution in [1.82, 2.24) is 0 Å².